The molecule has 1 aliphatic rings. The summed E-state index contributed by atoms with van der Waals surface area (Å²) in [5.74, 6) is 1.79. The summed E-state index contributed by atoms with van der Waals surface area (Å²) in [6.45, 7) is 8.74. The van der Waals surface area contributed by atoms with E-state index >= 15 is 0 Å². The maximum atomic E-state index is 12.5. The Bertz CT molecular complexity index is 662. The first-order valence-electron chi connectivity index (χ1n) is 8.25. The highest BCUT2D eigenvalue weighted by Gasteiger charge is 2.24. The van der Waals surface area contributed by atoms with Gasteiger partial charge in [-0.15, -0.1) is 0 Å². The Morgan fingerprint density at radius 3 is 2.43 bits per heavy atom. The lowest BCUT2D eigenvalue weighted by Crippen LogP contribution is -2.39. The quantitative estimate of drug-likeness (QED) is 0.875. The standard InChI is InChI=1S/C18H24N4O/c1-13-4-5-17(11-19-13)18(23)21-8-6-16(7-9-21)12-22-14(2)10-20-15(22)3/h4-5,10-11,16H,6-9,12H2,1-3H3. The molecule has 1 amide bonds. The van der Waals surface area contributed by atoms with E-state index in [2.05, 4.69) is 28.4 Å². The van der Waals surface area contributed by atoms with Gasteiger partial charge in [-0.1, -0.05) is 0 Å². The third-order valence-corrected chi connectivity index (χ3v) is 4.76. The second-order valence-electron chi connectivity index (χ2n) is 6.48. The molecule has 0 saturated carbocycles. The maximum Gasteiger partial charge on any atom is 0.255 e. The van der Waals surface area contributed by atoms with Crippen molar-refractivity contribution in [2.45, 2.75) is 40.2 Å². The van der Waals surface area contributed by atoms with Crippen molar-refractivity contribution in [1.82, 2.24) is 19.4 Å². The van der Waals surface area contributed by atoms with Crippen LogP contribution in [0.25, 0.3) is 0 Å². The first kappa shape index (κ1) is 15.7. The molecule has 3 rings (SSSR count). The predicted octanol–water partition coefficient (Wildman–Crippen LogP) is 2.76. The van der Waals surface area contributed by atoms with Gasteiger partial charge < -0.3 is 9.47 Å². The molecule has 1 fully saturated rings. The smallest absolute Gasteiger partial charge is 0.255 e. The summed E-state index contributed by atoms with van der Waals surface area (Å²) in [5.41, 5.74) is 2.84. The fourth-order valence-corrected chi connectivity index (χ4v) is 3.21. The summed E-state index contributed by atoms with van der Waals surface area (Å²) < 4.78 is 2.28. The molecule has 3 heterocycles. The van der Waals surface area contributed by atoms with Gasteiger partial charge in [-0.3, -0.25) is 9.78 Å². The summed E-state index contributed by atoms with van der Waals surface area (Å²) >= 11 is 0. The van der Waals surface area contributed by atoms with E-state index in [1.807, 2.05) is 30.2 Å². The van der Waals surface area contributed by atoms with Crippen molar-refractivity contribution in [2.24, 2.45) is 5.92 Å². The number of aryl methyl sites for hydroxylation is 3. The van der Waals surface area contributed by atoms with Crippen LogP contribution >= 0.6 is 0 Å². The highest BCUT2D eigenvalue weighted by Crippen LogP contribution is 2.22. The fourth-order valence-electron chi connectivity index (χ4n) is 3.21. The van der Waals surface area contributed by atoms with Crippen LogP contribution in [0, 0.1) is 26.7 Å². The molecule has 0 N–H and O–H groups in total. The molecular weight excluding hydrogens is 288 g/mol. The van der Waals surface area contributed by atoms with Gasteiger partial charge in [0.1, 0.15) is 5.82 Å². The molecule has 0 bridgehead atoms. The molecule has 5 heteroatoms. The monoisotopic (exact) mass is 312 g/mol. The zero-order valence-electron chi connectivity index (χ0n) is 14.1. The molecule has 2 aromatic heterocycles. The topological polar surface area (TPSA) is 51.0 Å². The van der Waals surface area contributed by atoms with Crippen LogP contribution in [0.5, 0.6) is 0 Å². The molecule has 0 aliphatic carbocycles. The molecule has 0 radical (unpaired) electrons. The van der Waals surface area contributed by atoms with Gasteiger partial charge in [0.15, 0.2) is 0 Å². The number of imidazole rings is 1. The third kappa shape index (κ3) is 3.44. The van der Waals surface area contributed by atoms with Crippen LogP contribution in [-0.4, -0.2) is 38.4 Å². The van der Waals surface area contributed by atoms with E-state index in [1.54, 1.807) is 6.20 Å². The predicted molar refractivity (Wildman–Crippen MR) is 89.3 cm³/mol. The first-order chi connectivity index (χ1) is 11.0. The molecule has 0 spiro atoms. The number of pyridine rings is 1. The van der Waals surface area contributed by atoms with Crippen LogP contribution in [-0.2, 0) is 6.54 Å². The van der Waals surface area contributed by atoms with E-state index < -0.39 is 0 Å². The summed E-state index contributed by atoms with van der Waals surface area (Å²) in [7, 11) is 0. The first-order valence-corrected chi connectivity index (χ1v) is 8.25. The van der Waals surface area contributed by atoms with Crippen LogP contribution in [0.1, 0.15) is 40.4 Å². The molecule has 0 unspecified atom stereocenters. The molecule has 2 aromatic rings. The van der Waals surface area contributed by atoms with E-state index in [4.69, 9.17) is 0 Å². The Labute approximate surface area is 137 Å². The Hall–Kier alpha value is -2.17. The molecule has 0 aromatic carbocycles. The van der Waals surface area contributed by atoms with Gasteiger partial charge in [-0.05, 0) is 51.7 Å². The molecular formula is C18H24N4O. The van der Waals surface area contributed by atoms with E-state index in [9.17, 15) is 4.79 Å². The van der Waals surface area contributed by atoms with E-state index in [0.717, 1.165) is 44.0 Å². The van der Waals surface area contributed by atoms with Crippen molar-refractivity contribution in [3.63, 3.8) is 0 Å². The van der Waals surface area contributed by atoms with Gasteiger partial charge in [0.05, 0.1) is 5.56 Å². The molecule has 122 valence electrons. The van der Waals surface area contributed by atoms with Crippen molar-refractivity contribution >= 4 is 5.91 Å². The van der Waals surface area contributed by atoms with Gasteiger partial charge in [0, 0.05) is 43.4 Å². The normalized spacial score (nSPS) is 15.9. The zero-order valence-corrected chi connectivity index (χ0v) is 14.1. The van der Waals surface area contributed by atoms with E-state index in [0.29, 0.717) is 11.5 Å². The number of nitrogens with zero attached hydrogens (tertiary/aromatic N) is 4. The van der Waals surface area contributed by atoms with Crippen molar-refractivity contribution in [3.8, 4) is 0 Å². The van der Waals surface area contributed by atoms with Crippen LogP contribution in [0.3, 0.4) is 0 Å². The lowest BCUT2D eigenvalue weighted by molar-refractivity contribution is 0.0682. The van der Waals surface area contributed by atoms with Gasteiger partial charge >= 0.3 is 0 Å². The summed E-state index contributed by atoms with van der Waals surface area (Å²) in [5, 5.41) is 0. The van der Waals surface area contributed by atoms with Gasteiger partial charge in [-0.2, -0.15) is 0 Å². The number of hydrogen-bond acceptors (Lipinski definition) is 3. The van der Waals surface area contributed by atoms with Gasteiger partial charge in [-0.25, -0.2) is 4.98 Å². The average molecular weight is 312 g/mol. The minimum atomic E-state index is 0.103. The maximum absolute atomic E-state index is 12.5. The molecule has 1 saturated heterocycles. The minimum Gasteiger partial charge on any atom is -0.339 e. The van der Waals surface area contributed by atoms with Crippen molar-refractivity contribution in [3.05, 3.63) is 47.3 Å². The third-order valence-electron chi connectivity index (χ3n) is 4.76. The van der Waals surface area contributed by atoms with Crippen molar-refractivity contribution in [1.29, 1.82) is 0 Å². The summed E-state index contributed by atoms with van der Waals surface area (Å²) in [6.07, 6.45) is 5.70. The second-order valence-corrected chi connectivity index (χ2v) is 6.48. The van der Waals surface area contributed by atoms with Gasteiger partial charge in [0.2, 0.25) is 0 Å². The number of carbonyl (C=O) groups is 1. The van der Waals surface area contributed by atoms with Crippen LogP contribution < -0.4 is 0 Å². The number of aromatic nitrogens is 3. The average Bonchev–Trinajstić information content (AvgIpc) is 2.87. The Morgan fingerprint density at radius 1 is 1.13 bits per heavy atom. The lowest BCUT2D eigenvalue weighted by Gasteiger charge is -2.32. The van der Waals surface area contributed by atoms with Crippen LogP contribution in [0.15, 0.2) is 24.5 Å². The SMILES string of the molecule is Cc1ccc(C(=O)N2CCC(Cn3c(C)cnc3C)CC2)cn1. The van der Waals surface area contributed by atoms with Crippen molar-refractivity contribution in [2.75, 3.05) is 13.1 Å². The summed E-state index contributed by atoms with van der Waals surface area (Å²) in [4.78, 5) is 23.1. The minimum absolute atomic E-state index is 0.103. The number of amides is 1. The van der Waals surface area contributed by atoms with E-state index in [1.165, 1.54) is 5.69 Å². The molecule has 23 heavy (non-hydrogen) atoms. The Kier molecular flexibility index (Phi) is 4.46. The van der Waals surface area contributed by atoms with Gasteiger partial charge in [0.25, 0.3) is 5.91 Å². The van der Waals surface area contributed by atoms with E-state index in [-0.39, 0.29) is 5.91 Å². The Morgan fingerprint density at radius 2 is 1.87 bits per heavy atom. The second kappa shape index (κ2) is 6.52. The highest BCUT2D eigenvalue weighted by molar-refractivity contribution is 5.93. The number of piperidine rings is 1. The van der Waals surface area contributed by atoms with Crippen LogP contribution in [0.2, 0.25) is 0 Å². The molecule has 1 aliphatic heterocycles. The lowest BCUT2D eigenvalue weighted by atomic mass is 9.96. The highest BCUT2D eigenvalue weighted by atomic mass is 16.2. The number of rotatable bonds is 3. The number of hydrogen-bond donors (Lipinski definition) is 0. The largest absolute Gasteiger partial charge is 0.339 e. The molecule has 5 nitrogen and oxygen atoms in total. The van der Waals surface area contributed by atoms with Crippen molar-refractivity contribution < 1.29 is 4.79 Å². The number of likely N-dealkylation sites (tertiary alicyclic amines) is 1. The van der Waals surface area contributed by atoms with Crippen LogP contribution in [0.4, 0.5) is 0 Å². The zero-order chi connectivity index (χ0) is 16.4. The fraction of sp³-hybridized carbons (Fsp3) is 0.500. The molecule has 0 atom stereocenters. The summed E-state index contributed by atoms with van der Waals surface area (Å²) in [6, 6.07) is 3.76. The number of carbonyl (C=O) groups excluding carboxylic acids is 1. The Balaban J connectivity index is 1.58.